The molecule has 0 N–H and O–H groups in total. The molecule has 9 heteroatoms. The van der Waals surface area contributed by atoms with Crippen molar-refractivity contribution in [2.45, 2.75) is 62.7 Å². The van der Waals surface area contributed by atoms with Crippen molar-refractivity contribution in [3.63, 3.8) is 0 Å². The van der Waals surface area contributed by atoms with Crippen molar-refractivity contribution in [2.75, 3.05) is 19.6 Å². The number of hydrogen-bond donors (Lipinski definition) is 0. The van der Waals surface area contributed by atoms with Crippen molar-refractivity contribution in [2.24, 2.45) is 0 Å². The molecule has 0 aromatic heterocycles. The van der Waals surface area contributed by atoms with Gasteiger partial charge in [-0.2, -0.15) is 17.5 Å². The summed E-state index contributed by atoms with van der Waals surface area (Å²) in [7, 11) is -4.51. The zero-order valence-corrected chi connectivity index (χ0v) is 23.0. The van der Waals surface area contributed by atoms with E-state index in [0.717, 1.165) is 46.1 Å². The number of alkyl halides is 3. The third-order valence-electron chi connectivity index (χ3n) is 8.42. The maximum Gasteiger partial charge on any atom is 0.417 e. The Kier molecular flexibility index (Phi) is 7.37. The summed E-state index contributed by atoms with van der Waals surface area (Å²) in [4.78, 5) is 1.35. The Morgan fingerprint density at radius 2 is 1.62 bits per heavy atom. The van der Waals surface area contributed by atoms with E-state index in [2.05, 4.69) is 62.1 Å². The molecule has 0 amide bonds. The predicted molar refractivity (Wildman–Crippen MR) is 143 cm³/mol. The van der Waals surface area contributed by atoms with Gasteiger partial charge in [-0.25, -0.2) is 12.8 Å². The lowest BCUT2D eigenvalue weighted by Crippen LogP contribution is -2.65. The van der Waals surface area contributed by atoms with Gasteiger partial charge in [0, 0.05) is 31.1 Å². The molecule has 4 nitrogen and oxygen atoms in total. The van der Waals surface area contributed by atoms with Gasteiger partial charge in [0.25, 0.3) is 0 Å². The second-order valence-electron chi connectivity index (χ2n) is 10.6. The molecule has 2 unspecified atom stereocenters. The fourth-order valence-electron chi connectivity index (χ4n) is 6.16. The van der Waals surface area contributed by atoms with Crippen LogP contribution in [0.25, 0.3) is 11.1 Å². The topological polar surface area (TPSA) is 40.6 Å². The highest BCUT2D eigenvalue weighted by Crippen LogP contribution is 2.44. The summed E-state index contributed by atoms with van der Waals surface area (Å²) in [6.07, 6.45) is -3.72. The first-order chi connectivity index (χ1) is 18.4. The Bertz CT molecular complexity index is 1470. The number of halogens is 4. The molecule has 39 heavy (non-hydrogen) atoms. The summed E-state index contributed by atoms with van der Waals surface area (Å²) in [5.74, 6) is -1.10. The van der Waals surface area contributed by atoms with Crippen LogP contribution in [0.15, 0.2) is 65.6 Å². The van der Waals surface area contributed by atoms with Crippen molar-refractivity contribution in [3.8, 4) is 11.1 Å². The van der Waals surface area contributed by atoms with Gasteiger partial charge in [-0.3, -0.25) is 4.90 Å². The molecule has 3 aromatic rings. The summed E-state index contributed by atoms with van der Waals surface area (Å²) >= 11 is 0. The van der Waals surface area contributed by atoms with Crippen LogP contribution in [-0.2, 0) is 16.2 Å². The van der Waals surface area contributed by atoms with Crippen LogP contribution in [0, 0.1) is 19.7 Å². The summed E-state index contributed by atoms with van der Waals surface area (Å²) < 4.78 is 83.1. The molecule has 2 aliphatic rings. The highest BCUT2D eigenvalue weighted by molar-refractivity contribution is 7.89. The minimum atomic E-state index is -5.00. The number of sulfonamides is 1. The molecule has 3 aromatic carbocycles. The third kappa shape index (κ3) is 5.12. The van der Waals surface area contributed by atoms with E-state index in [1.54, 1.807) is 0 Å². The predicted octanol–water partition coefficient (Wildman–Crippen LogP) is 6.77. The summed E-state index contributed by atoms with van der Waals surface area (Å²) in [6.45, 7) is 7.29. The second-order valence-corrected chi connectivity index (χ2v) is 12.6. The number of benzene rings is 3. The minimum Gasteiger partial charge on any atom is -0.295 e. The zero-order valence-electron chi connectivity index (χ0n) is 22.2. The molecule has 2 heterocycles. The first-order valence-electron chi connectivity index (χ1n) is 13.2. The lowest BCUT2D eigenvalue weighted by molar-refractivity contribution is -0.140. The van der Waals surface area contributed by atoms with Gasteiger partial charge in [-0.15, -0.1) is 0 Å². The van der Waals surface area contributed by atoms with E-state index in [4.69, 9.17) is 0 Å². The van der Waals surface area contributed by atoms with E-state index < -0.39 is 32.5 Å². The number of rotatable bonds is 4. The fourth-order valence-corrected chi connectivity index (χ4v) is 7.85. The van der Waals surface area contributed by atoms with Crippen LogP contribution in [-0.4, -0.2) is 49.3 Å². The summed E-state index contributed by atoms with van der Waals surface area (Å²) in [5, 5.41) is 0. The van der Waals surface area contributed by atoms with Crippen LogP contribution in [0.5, 0.6) is 0 Å². The van der Waals surface area contributed by atoms with E-state index in [9.17, 15) is 26.0 Å². The normalized spacial score (nSPS) is 23.0. The van der Waals surface area contributed by atoms with E-state index in [0.29, 0.717) is 6.42 Å². The van der Waals surface area contributed by atoms with Crippen molar-refractivity contribution in [1.29, 1.82) is 0 Å². The Labute approximate surface area is 227 Å². The Hall–Kier alpha value is -2.75. The molecule has 5 rings (SSSR count). The highest BCUT2D eigenvalue weighted by Gasteiger charge is 2.49. The monoisotopic (exact) mass is 560 g/mol. The Balaban J connectivity index is 1.45. The van der Waals surface area contributed by atoms with Gasteiger partial charge in [0.1, 0.15) is 5.82 Å². The molecule has 2 aliphatic heterocycles. The van der Waals surface area contributed by atoms with Crippen LogP contribution in [0.3, 0.4) is 0 Å². The maximum atomic E-state index is 13.7. The summed E-state index contributed by atoms with van der Waals surface area (Å²) in [6, 6.07) is 16.3. The zero-order chi connectivity index (χ0) is 28.1. The first-order valence-corrected chi connectivity index (χ1v) is 14.6. The minimum absolute atomic E-state index is 0.0313. The van der Waals surface area contributed by atoms with E-state index in [1.807, 2.05) is 6.07 Å². The quantitative estimate of drug-likeness (QED) is 0.331. The molecule has 0 bridgehead atoms. The average Bonchev–Trinajstić information content (AvgIpc) is 2.87. The van der Waals surface area contributed by atoms with Crippen molar-refractivity contribution in [3.05, 3.63) is 88.7 Å². The fraction of sp³-hybridized carbons (Fsp3) is 0.400. The molecular weight excluding hydrogens is 528 g/mol. The van der Waals surface area contributed by atoms with Gasteiger partial charge in [0.2, 0.25) is 10.0 Å². The molecule has 0 radical (unpaired) electrons. The first kappa shape index (κ1) is 27.8. The van der Waals surface area contributed by atoms with E-state index in [1.165, 1.54) is 11.1 Å². The lowest BCUT2D eigenvalue weighted by Gasteiger charge is -2.56. The van der Waals surface area contributed by atoms with Gasteiger partial charge < -0.3 is 0 Å². The van der Waals surface area contributed by atoms with Crippen molar-refractivity contribution >= 4 is 10.0 Å². The second kappa shape index (κ2) is 10.3. The molecule has 0 saturated carbocycles. The number of nitrogens with zero attached hydrogens (tertiary/aromatic N) is 2. The van der Waals surface area contributed by atoms with Gasteiger partial charge in [-0.05, 0) is 86.2 Å². The summed E-state index contributed by atoms with van der Waals surface area (Å²) in [5.41, 5.74) is 4.30. The van der Waals surface area contributed by atoms with Crippen LogP contribution in [0.2, 0.25) is 0 Å². The largest absolute Gasteiger partial charge is 0.417 e. The highest BCUT2D eigenvalue weighted by atomic mass is 32.2. The maximum absolute atomic E-state index is 13.7. The third-order valence-corrected chi connectivity index (χ3v) is 10.3. The molecule has 208 valence electrons. The SMILES string of the molecule is Cc1cccc(-c2ccc(C3C(C)N4CCCCN(S(=O)(=O)c5ccc(F)cc5C(F)(F)F)C[C@H]34)cc2)c1C. The molecule has 2 fully saturated rings. The number of hydrogen-bond acceptors (Lipinski definition) is 3. The van der Waals surface area contributed by atoms with Gasteiger partial charge in [0.05, 0.1) is 10.5 Å². The molecular formula is C30H32F4N2O2S. The smallest absolute Gasteiger partial charge is 0.295 e. The standard InChI is InChI=1S/C30H32F4N2O2S/c1-19-7-6-8-25(20(19)2)22-9-11-23(12-10-22)29-21(3)36-16-5-4-15-35(18-27(29)36)39(37,38)28-14-13-24(31)17-26(28)30(32,33)34/h6-14,17,21,27,29H,4-5,15-16,18H2,1-3H3/t21?,27-,29?/m1/s1. The number of fused-ring (bicyclic) bond motifs is 1. The number of aryl methyl sites for hydroxylation is 1. The van der Waals surface area contributed by atoms with E-state index >= 15 is 0 Å². The Morgan fingerprint density at radius 1 is 0.923 bits per heavy atom. The molecule has 2 saturated heterocycles. The van der Waals surface area contributed by atoms with Gasteiger partial charge >= 0.3 is 6.18 Å². The van der Waals surface area contributed by atoms with Crippen LogP contribution in [0.4, 0.5) is 17.6 Å². The van der Waals surface area contributed by atoms with Crippen LogP contribution < -0.4 is 0 Å². The van der Waals surface area contributed by atoms with Crippen LogP contribution >= 0.6 is 0 Å². The van der Waals surface area contributed by atoms with Crippen molar-refractivity contribution in [1.82, 2.24) is 9.21 Å². The van der Waals surface area contributed by atoms with Crippen LogP contribution in [0.1, 0.15) is 47.9 Å². The molecule has 0 aliphatic carbocycles. The lowest BCUT2D eigenvalue weighted by atomic mass is 9.75. The molecule has 3 atom stereocenters. The van der Waals surface area contributed by atoms with Gasteiger partial charge in [-0.1, -0.05) is 42.5 Å². The van der Waals surface area contributed by atoms with Gasteiger partial charge in [0.15, 0.2) is 0 Å². The molecule has 0 spiro atoms. The van der Waals surface area contributed by atoms with Crippen molar-refractivity contribution < 1.29 is 26.0 Å². The Morgan fingerprint density at radius 3 is 2.31 bits per heavy atom. The average molecular weight is 561 g/mol. The van der Waals surface area contributed by atoms with E-state index in [-0.39, 0.29) is 37.2 Å².